The highest BCUT2D eigenvalue weighted by molar-refractivity contribution is 9.17. The Labute approximate surface area is 141 Å². The quantitative estimate of drug-likeness (QED) is 0.329. The number of rotatable bonds is 3. The van der Waals surface area contributed by atoms with Crippen molar-refractivity contribution in [2.45, 2.75) is 20.8 Å². The summed E-state index contributed by atoms with van der Waals surface area (Å²) in [5.74, 6) is 0.785. The molecule has 0 saturated heterocycles. The van der Waals surface area contributed by atoms with Gasteiger partial charge in [-0.1, -0.05) is 29.8 Å². The molecule has 0 radical (unpaired) electrons. The lowest BCUT2D eigenvalue weighted by atomic mass is 10.2. The van der Waals surface area contributed by atoms with Crippen molar-refractivity contribution in [2.24, 2.45) is 0 Å². The van der Waals surface area contributed by atoms with Crippen molar-refractivity contribution in [1.82, 2.24) is 14.5 Å². The molecule has 2 aromatic heterocycles. The number of halogens is 2. The Kier molecular flexibility index (Phi) is 10.6. The second-order valence-corrected chi connectivity index (χ2v) is 4.41. The first-order chi connectivity index (χ1) is 10.1. The summed E-state index contributed by atoms with van der Waals surface area (Å²) in [5.41, 5.74) is 1.54. The Hall–Kier alpha value is -1.34. The molecule has 2 heterocycles. The fourth-order valence-electron chi connectivity index (χ4n) is 1.33. The van der Waals surface area contributed by atoms with E-state index in [1.54, 1.807) is 24.7 Å². The van der Waals surface area contributed by atoms with Crippen molar-refractivity contribution in [3.63, 3.8) is 0 Å². The van der Waals surface area contributed by atoms with Crippen LogP contribution in [0.15, 0.2) is 30.9 Å². The van der Waals surface area contributed by atoms with E-state index in [0.717, 1.165) is 11.5 Å². The number of alkyl halides is 1. The number of carbonyl (C=O) groups excluding carboxylic acids is 2. The van der Waals surface area contributed by atoms with Gasteiger partial charge in [0.1, 0.15) is 12.1 Å². The van der Waals surface area contributed by atoms with Gasteiger partial charge in [0.05, 0.1) is 11.0 Å². The van der Waals surface area contributed by atoms with Crippen LogP contribution >= 0.6 is 31.9 Å². The summed E-state index contributed by atoms with van der Waals surface area (Å²) in [6, 6.07) is 3.57. The maximum atomic E-state index is 11.4. The fraction of sp³-hybridized carbons (Fsp3) is 0.286. The van der Waals surface area contributed by atoms with Gasteiger partial charge in [0.25, 0.3) is 0 Å². The second kappa shape index (κ2) is 11.3. The van der Waals surface area contributed by atoms with Crippen LogP contribution in [0.25, 0.3) is 5.82 Å². The molecule has 7 heteroatoms. The minimum absolute atomic E-state index is 0.0286. The lowest BCUT2D eigenvalue weighted by Crippen LogP contribution is -2.02. The number of nitrogens with zero attached hydrogens (tertiary/aromatic N) is 3. The van der Waals surface area contributed by atoms with Crippen LogP contribution < -0.4 is 0 Å². The third kappa shape index (κ3) is 6.77. The number of imidazole rings is 1. The maximum absolute atomic E-state index is 11.4. The summed E-state index contributed by atoms with van der Waals surface area (Å²) in [6.45, 7) is 5.92. The van der Waals surface area contributed by atoms with E-state index < -0.39 is 0 Å². The number of carbonyl (C=O) groups is 2. The number of ketones is 1. The number of aromatic nitrogens is 3. The van der Waals surface area contributed by atoms with E-state index in [1.807, 2.05) is 31.5 Å². The van der Waals surface area contributed by atoms with Gasteiger partial charge in [0, 0.05) is 18.0 Å². The monoisotopic (exact) mass is 417 g/mol. The number of hydrogen-bond donors (Lipinski definition) is 0. The van der Waals surface area contributed by atoms with Crippen LogP contribution in [0.5, 0.6) is 0 Å². The predicted octanol–water partition coefficient (Wildman–Crippen LogP) is 3.75. The third-order valence-corrected chi connectivity index (χ3v) is 2.68. The Balaban J connectivity index is 0.000000713. The summed E-state index contributed by atoms with van der Waals surface area (Å²) >= 11 is 5.59. The van der Waals surface area contributed by atoms with Crippen LogP contribution in [0.2, 0.25) is 0 Å². The van der Waals surface area contributed by atoms with E-state index in [-0.39, 0.29) is 5.78 Å². The third-order valence-electron chi connectivity index (χ3n) is 2.17. The largest absolute Gasteiger partial charge is 0.293 e. The zero-order valence-corrected chi connectivity index (χ0v) is 15.3. The van der Waals surface area contributed by atoms with Crippen LogP contribution in [-0.4, -0.2) is 30.8 Å². The molecule has 0 amide bonds. The first-order valence-electron chi connectivity index (χ1n) is 6.22. The zero-order chi connectivity index (χ0) is 16.3. The first-order valence-corrected chi connectivity index (χ1v) is 8.26. The first kappa shape index (κ1) is 19.7. The SMILES string of the molecule is CC.Cc1cn(-c2ccc(C(=O)CBr)cn2)cn1.O=CBr. The smallest absolute Gasteiger partial charge is 0.185 e. The van der Waals surface area contributed by atoms with Gasteiger partial charge >= 0.3 is 0 Å². The highest BCUT2D eigenvalue weighted by Crippen LogP contribution is 2.08. The lowest BCUT2D eigenvalue weighted by molar-refractivity contribution is 0.102. The van der Waals surface area contributed by atoms with Gasteiger partial charge in [-0.15, -0.1) is 0 Å². The second-order valence-electron chi connectivity index (χ2n) is 3.47. The molecule has 2 rings (SSSR count). The van der Waals surface area contributed by atoms with Crippen molar-refractivity contribution in [3.8, 4) is 5.82 Å². The highest BCUT2D eigenvalue weighted by atomic mass is 79.9. The van der Waals surface area contributed by atoms with E-state index in [0.29, 0.717) is 16.1 Å². The van der Waals surface area contributed by atoms with Crippen molar-refractivity contribution in [3.05, 3.63) is 42.1 Å². The molecule has 5 nitrogen and oxygen atoms in total. The van der Waals surface area contributed by atoms with Crippen LogP contribution in [0.4, 0.5) is 0 Å². The van der Waals surface area contributed by atoms with Gasteiger partial charge in [-0.25, -0.2) is 9.97 Å². The molecule has 0 fully saturated rings. The minimum Gasteiger partial charge on any atom is -0.293 e. The molecule has 0 bridgehead atoms. The maximum Gasteiger partial charge on any atom is 0.185 e. The number of pyridine rings is 1. The minimum atomic E-state index is 0.0286. The van der Waals surface area contributed by atoms with Gasteiger partial charge < -0.3 is 0 Å². The highest BCUT2D eigenvalue weighted by Gasteiger charge is 2.05. The summed E-state index contributed by atoms with van der Waals surface area (Å²) in [7, 11) is 0. The lowest BCUT2D eigenvalue weighted by Gasteiger charge is -2.01. The fourth-order valence-corrected chi connectivity index (χ4v) is 1.65. The van der Waals surface area contributed by atoms with Crippen LogP contribution in [0.1, 0.15) is 29.9 Å². The van der Waals surface area contributed by atoms with Crippen molar-refractivity contribution in [1.29, 1.82) is 0 Å². The normalized spacial score (nSPS) is 8.81. The number of aryl methyl sites for hydroxylation is 1. The molecule has 0 spiro atoms. The van der Waals surface area contributed by atoms with E-state index in [9.17, 15) is 4.79 Å². The zero-order valence-electron chi connectivity index (χ0n) is 12.1. The van der Waals surface area contributed by atoms with E-state index in [4.69, 9.17) is 4.79 Å². The van der Waals surface area contributed by atoms with Crippen molar-refractivity contribution < 1.29 is 9.59 Å². The molecule has 114 valence electrons. The molecule has 0 saturated carbocycles. The number of Topliss-reactive ketones (excluding diaryl/α,β-unsaturated/α-hetero) is 1. The van der Waals surface area contributed by atoms with Crippen molar-refractivity contribution >= 4 is 42.8 Å². The Morgan fingerprint density at radius 2 is 1.95 bits per heavy atom. The van der Waals surface area contributed by atoms with Crippen LogP contribution in [-0.2, 0) is 4.79 Å². The van der Waals surface area contributed by atoms with Gasteiger partial charge in [0.2, 0.25) is 0 Å². The molecule has 0 unspecified atom stereocenters. The molecule has 2 aromatic rings. The van der Waals surface area contributed by atoms with Gasteiger partial charge in [0.15, 0.2) is 11.0 Å². The van der Waals surface area contributed by atoms with Crippen LogP contribution in [0, 0.1) is 6.92 Å². The topological polar surface area (TPSA) is 64.8 Å². The van der Waals surface area contributed by atoms with E-state index >= 15 is 0 Å². The summed E-state index contributed by atoms with van der Waals surface area (Å²) < 4.78 is 1.82. The van der Waals surface area contributed by atoms with Gasteiger partial charge in [-0.3, -0.25) is 14.2 Å². The summed E-state index contributed by atoms with van der Waals surface area (Å²) in [6.07, 6.45) is 5.16. The summed E-state index contributed by atoms with van der Waals surface area (Å²) in [5, 5.41) is 0.880. The van der Waals surface area contributed by atoms with E-state index in [1.165, 1.54) is 0 Å². The average molecular weight is 419 g/mol. The molecular weight excluding hydrogens is 402 g/mol. The number of hydrogen-bond acceptors (Lipinski definition) is 4. The Morgan fingerprint density at radius 3 is 2.33 bits per heavy atom. The molecule has 0 atom stereocenters. The summed E-state index contributed by atoms with van der Waals surface area (Å²) in [4.78, 5) is 28.4. The van der Waals surface area contributed by atoms with Crippen LogP contribution in [0.3, 0.4) is 0 Å². The van der Waals surface area contributed by atoms with Gasteiger partial charge in [-0.2, -0.15) is 0 Å². The molecule has 0 aliphatic rings. The Morgan fingerprint density at radius 1 is 1.33 bits per heavy atom. The van der Waals surface area contributed by atoms with Crippen molar-refractivity contribution in [2.75, 3.05) is 5.33 Å². The van der Waals surface area contributed by atoms with Gasteiger partial charge in [-0.05, 0) is 35.0 Å². The molecular formula is C14H17Br2N3O2. The average Bonchev–Trinajstić information content (AvgIpc) is 2.96. The molecule has 0 aliphatic carbocycles. The molecule has 21 heavy (non-hydrogen) atoms. The molecule has 0 aromatic carbocycles. The molecule has 0 aliphatic heterocycles. The predicted molar refractivity (Wildman–Crippen MR) is 91.2 cm³/mol. The molecule has 0 N–H and O–H groups in total. The standard InChI is InChI=1S/C11H10BrN3O.C2H6.CHBrO/c1-8-6-15(7-14-8)11-3-2-9(5-13-11)10(16)4-12;1-2;2-1-3/h2-3,5-7H,4H2,1H3;1-2H3;1H. The Bertz CT molecular complexity index is 554. The van der Waals surface area contributed by atoms with E-state index in [2.05, 4.69) is 41.8 Å².